The molecule has 6 heteroatoms. The average Bonchev–Trinajstić information content (AvgIpc) is 2.14. The molecular weight excluding hydrogens is 222 g/mol. The lowest BCUT2D eigenvalue weighted by Crippen LogP contribution is -1.82. The highest BCUT2D eigenvalue weighted by Gasteiger charge is 2.18. The van der Waals surface area contributed by atoms with Gasteiger partial charge in [-0.25, -0.2) is 0 Å². The molecule has 0 radical (unpaired) electrons. The van der Waals surface area contributed by atoms with Crippen LogP contribution in [-0.4, -0.2) is 10.0 Å². The maximum Gasteiger partial charge on any atom is 0.366 e. The third-order valence-electron chi connectivity index (χ3n) is 0.869. The van der Waals surface area contributed by atoms with Crippen molar-refractivity contribution in [2.75, 3.05) is 0 Å². The van der Waals surface area contributed by atoms with Gasteiger partial charge in [0.15, 0.2) is 0 Å². The maximum absolute atomic E-state index is 10.1. The van der Waals surface area contributed by atoms with Gasteiger partial charge in [-0.3, -0.25) is 10.1 Å². The van der Waals surface area contributed by atoms with Crippen molar-refractivity contribution in [3.63, 3.8) is 0 Å². The molecule has 1 heterocycles. The molecule has 1 aromatic heterocycles. The number of hydrogen-bond acceptors (Lipinski definition) is 4. The fourth-order valence-electron chi connectivity index (χ4n) is 0.451. The van der Waals surface area contributed by atoms with E-state index in [1.54, 1.807) is 0 Å². The van der Waals surface area contributed by atoms with Crippen molar-refractivity contribution in [2.45, 2.75) is 0 Å². The molecule has 0 unspecified atom stereocenters. The Bertz CT molecular complexity index is 271. The van der Waals surface area contributed by atoms with E-state index in [1.165, 1.54) is 5.38 Å². The van der Waals surface area contributed by atoms with Gasteiger partial charge >= 0.3 is 5.00 Å². The monoisotopic (exact) mass is 223 g/mol. The van der Waals surface area contributed by atoms with Gasteiger partial charge in [0.2, 0.25) is 5.75 Å². The van der Waals surface area contributed by atoms with Crippen LogP contribution in [0.5, 0.6) is 5.75 Å². The van der Waals surface area contributed by atoms with Crippen LogP contribution >= 0.6 is 27.3 Å². The van der Waals surface area contributed by atoms with E-state index in [0.717, 1.165) is 11.3 Å². The minimum Gasteiger partial charge on any atom is -0.501 e. The SMILES string of the molecule is O=[N+]([O-])c1scc(Br)c1O. The molecule has 0 amide bonds. The van der Waals surface area contributed by atoms with Gasteiger partial charge in [-0.05, 0) is 15.9 Å². The lowest BCUT2D eigenvalue weighted by Gasteiger charge is -1.84. The summed E-state index contributed by atoms with van der Waals surface area (Å²) in [5.41, 5.74) is 0. The van der Waals surface area contributed by atoms with E-state index >= 15 is 0 Å². The molecule has 1 rings (SSSR count). The number of nitrogens with zero attached hydrogens (tertiary/aromatic N) is 1. The quantitative estimate of drug-likeness (QED) is 0.586. The van der Waals surface area contributed by atoms with Gasteiger partial charge in [0.05, 0.1) is 9.40 Å². The fourth-order valence-corrected chi connectivity index (χ4v) is 1.68. The third-order valence-corrected chi connectivity index (χ3v) is 2.70. The number of hydrogen-bond donors (Lipinski definition) is 1. The van der Waals surface area contributed by atoms with Crippen molar-refractivity contribution in [1.29, 1.82) is 0 Å². The topological polar surface area (TPSA) is 63.4 Å². The number of aromatic hydroxyl groups is 1. The molecule has 0 atom stereocenters. The van der Waals surface area contributed by atoms with Crippen LogP contribution in [0.1, 0.15) is 0 Å². The van der Waals surface area contributed by atoms with Crippen LogP contribution in [0, 0.1) is 10.1 Å². The minimum atomic E-state index is -0.620. The normalized spacial score (nSPS) is 9.70. The molecule has 0 aliphatic carbocycles. The van der Waals surface area contributed by atoms with E-state index in [9.17, 15) is 10.1 Å². The summed E-state index contributed by atoms with van der Waals surface area (Å²) in [4.78, 5) is 9.45. The van der Waals surface area contributed by atoms with Crippen molar-refractivity contribution in [3.05, 3.63) is 20.0 Å². The lowest BCUT2D eigenvalue weighted by molar-refractivity contribution is -0.381. The standard InChI is InChI=1S/C4H2BrNO3S/c5-2-1-10-4(3(2)7)6(8)9/h1,7H. The van der Waals surface area contributed by atoms with Crippen LogP contribution in [0.3, 0.4) is 0 Å². The summed E-state index contributed by atoms with van der Waals surface area (Å²) in [5.74, 6) is -0.296. The van der Waals surface area contributed by atoms with E-state index in [1.807, 2.05) is 0 Å². The summed E-state index contributed by atoms with van der Waals surface area (Å²) in [6.07, 6.45) is 0. The van der Waals surface area contributed by atoms with E-state index < -0.39 is 4.92 Å². The zero-order valence-electron chi connectivity index (χ0n) is 4.57. The first-order chi connectivity index (χ1) is 4.63. The minimum absolute atomic E-state index is 0.230. The average molecular weight is 224 g/mol. The van der Waals surface area contributed by atoms with E-state index in [2.05, 4.69) is 15.9 Å². The van der Waals surface area contributed by atoms with Crippen molar-refractivity contribution in [3.8, 4) is 5.75 Å². The smallest absolute Gasteiger partial charge is 0.366 e. The molecule has 0 aliphatic rings. The third kappa shape index (κ3) is 1.12. The van der Waals surface area contributed by atoms with Gasteiger partial charge in [0, 0.05) is 5.38 Å². The van der Waals surface area contributed by atoms with E-state index in [4.69, 9.17) is 5.11 Å². The largest absolute Gasteiger partial charge is 0.501 e. The first-order valence-electron chi connectivity index (χ1n) is 2.23. The molecule has 0 fully saturated rings. The second kappa shape index (κ2) is 2.55. The molecule has 0 saturated carbocycles. The maximum atomic E-state index is 10.1. The number of rotatable bonds is 1. The van der Waals surface area contributed by atoms with Crippen molar-refractivity contribution in [1.82, 2.24) is 0 Å². The lowest BCUT2D eigenvalue weighted by atomic mass is 10.6. The van der Waals surface area contributed by atoms with Gasteiger partial charge in [-0.1, -0.05) is 11.3 Å². The summed E-state index contributed by atoms with van der Waals surface area (Å²) in [6.45, 7) is 0. The van der Waals surface area contributed by atoms with Gasteiger partial charge in [0.1, 0.15) is 0 Å². The summed E-state index contributed by atoms with van der Waals surface area (Å²) < 4.78 is 0.365. The molecule has 1 N–H and O–H groups in total. The van der Waals surface area contributed by atoms with Crippen LogP contribution in [0.4, 0.5) is 5.00 Å². The van der Waals surface area contributed by atoms with Crippen LogP contribution in [0.2, 0.25) is 0 Å². The zero-order valence-corrected chi connectivity index (χ0v) is 6.98. The number of nitro groups is 1. The van der Waals surface area contributed by atoms with Gasteiger partial charge in [-0.2, -0.15) is 0 Å². The molecule has 54 valence electrons. The Morgan fingerprint density at radius 1 is 1.80 bits per heavy atom. The van der Waals surface area contributed by atoms with Crippen LogP contribution in [0.25, 0.3) is 0 Å². The molecular formula is C4H2BrNO3S. The predicted molar refractivity (Wildman–Crippen MR) is 40.3 cm³/mol. The molecule has 0 bridgehead atoms. The Hall–Kier alpha value is -0.620. The summed E-state index contributed by atoms with van der Waals surface area (Å²) in [6, 6.07) is 0. The Labute approximate surface area is 68.4 Å². The Morgan fingerprint density at radius 3 is 2.60 bits per heavy atom. The number of halogens is 1. The highest BCUT2D eigenvalue weighted by molar-refractivity contribution is 9.10. The summed E-state index contributed by atoms with van der Waals surface area (Å²) in [5, 5.41) is 20.2. The van der Waals surface area contributed by atoms with E-state index in [0.29, 0.717) is 4.47 Å². The zero-order chi connectivity index (χ0) is 7.72. The van der Waals surface area contributed by atoms with Crippen LogP contribution < -0.4 is 0 Å². The molecule has 0 spiro atoms. The number of thiophene rings is 1. The van der Waals surface area contributed by atoms with Gasteiger partial charge < -0.3 is 5.11 Å². The first kappa shape index (κ1) is 7.49. The molecule has 0 saturated heterocycles. The molecule has 0 aliphatic heterocycles. The molecule has 4 nitrogen and oxygen atoms in total. The first-order valence-corrected chi connectivity index (χ1v) is 3.90. The van der Waals surface area contributed by atoms with Crippen molar-refractivity contribution in [2.24, 2.45) is 0 Å². The highest BCUT2D eigenvalue weighted by atomic mass is 79.9. The van der Waals surface area contributed by atoms with E-state index in [-0.39, 0.29) is 10.8 Å². The molecule has 10 heavy (non-hydrogen) atoms. The second-order valence-corrected chi connectivity index (χ2v) is 3.21. The highest BCUT2D eigenvalue weighted by Crippen LogP contribution is 2.39. The fraction of sp³-hybridized carbons (Fsp3) is 0. The Morgan fingerprint density at radius 2 is 2.40 bits per heavy atom. The van der Waals surface area contributed by atoms with Crippen LogP contribution in [0.15, 0.2) is 9.85 Å². The Kier molecular flexibility index (Phi) is 1.91. The van der Waals surface area contributed by atoms with Crippen molar-refractivity contribution >= 4 is 32.3 Å². The predicted octanol–water partition coefficient (Wildman–Crippen LogP) is 2.12. The van der Waals surface area contributed by atoms with Crippen molar-refractivity contribution < 1.29 is 10.0 Å². The van der Waals surface area contributed by atoms with Gasteiger partial charge in [-0.15, -0.1) is 0 Å². The Balaban J connectivity index is 3.17. The van der Waals surface area contributed by atoms with Crippen LogP contribution in [-0.2, 0) is 0 Å². The molecule has 1 aromatic rings. The molecule has 0 aromatic carbocycles. The second-order valence-electron chi connectivity index (χ2n) is 1.49. The summed E-state index contributed by atoms with van der Waals surface area (Å²) in [7, 11) is 0. The summed E-state index contributed by atoms with van der Waals surface area (Å²) >= 11 is 3.83. The van der Waals surface area contributed by atoms with Gasteiger partial charge in [0.25, 0.3) is 0 Å².